The summed E-state index contributed by atoms with van der Waals surface area (Å²) in [5.41, 5.74) is 6.53. The third-order valence-electron chi connectivity index (χ3n) is 2.29. The molecule has 0 radical (unpaired) electrons. The molecule has 5 nitrogen and oxygen atoms in total. The van der Waals surface area contributed by atoms with Gasteiger partial charge in [-0.2, -0.15) is 0 Å². The fourth-order valence-corrected chi connectivity index (χ4v) is 1.87. The van der Waals surface area contributed by atoms with Gasteiger partial charge in [0.05, 0.1) is 12.8 Å². The van der Waals surface area contributed by atoms with Gasteiger partial charge in [0.1, 0.15) is 23.2 Å². The Labute approximate surface area is 114 Å². The molecule has 0 atom stereocenters. The van der Waals surface area contributed by atoms with Crippen molar-refractivity contribution in [2.75, 3.05) is 18.2 Å². The van der Waals surface area contributed by atoms with Gasteiger partial charge in [-0.15, -0.1) is 0 Å². The highest BCUT2D eigenvalue weighted by Gasteiger charge is 2.05. The Morgan fingerprint density at radius 2 is 2.06 bits per heavy atom. The smallest absolute Gasteiger partial charge is 0.136 e. The Bertz CT molecular complexity index is 554. The molecule has 0 aliphatic heterocycles. The first-order chi connectivity index (χ1) is 8.58. The van der Waals surface area contributed by atoms with Crippen LogP contribution in [0.4, 0.5) is 17.3 Å². The van der Waals surface area contributed by atoms with Crippen molar-refractivity contribution in [3.05, 3.63) is 34.6 Å². The highest BCUT2D eigenvalue weighted by molar-refractivity contribution is 9.10. The number of hydrogen-bond donors (Lipinski definition) is 2. The minimum absolute atomic E-state index is 0.434. The molecule has 0 spiro atoms. The van der Waals surface area contributed by atoms with Gasteiger partial charge in [0.25, 0.3) is 0 Å². The van der Waals surface area contributed by atoms with Crippen molar-refractivity contribution in [2.45, 2.75) is 6.92 Å². The van der Waals surface area contributed by atoms with E-state index >= 15 is 0 Å². The molecule has 2 rings (SSSR count). The second-order valence-electron chi connectivity index (χ2n) is 3.70. The van der Waals surface area contributed by atoms with Gasteiger partial charge in [0.15, 0.2) is 0 Å². The van der Waals surface area contributed by atoms with Crippen LogP contribution in [0.5, 0.6) is 5.75 Å². The number of ether oxygens (including phenoxy) is 1. The molecular formula is C12H13BrN4O. The number of halogens is 1. The number of aromatic nitrogens is 2. The molecule has 0 aliphatic rings. The van der Waals surface area contributed by atoms with Crippen LogP contribution in [0.1, 0.15) is 5.82 Å². The van der Waals surface area contributed by atoms with Crippen LogP contribution in [0.3, 0.4) is 0 Å². The Morgan fingerprint density at radius 1 is 1.28 bits per heavy atom. The number of nitrogen functional groups attached to an aromatic ring is 1. The molecule has 94 valence electrons. The third kappa shape index (κ3) is 2.89. The van der Waals surface area contributed by atoms with E-state index in [4.69, 9.17) is 10.5 Å². The highest BCUT2D eigenvalue weighted by Crippen LogP contribution is 2.29. The number of nitrogens with two attached hydrogens (primary N) is 1. The molecular weight excluding hydrogens is 296 g/mol. The molecule has 0 bridgehead atoms. The summed E-state index contributed by atoms with van der Waals surface area (Å²) in [6, 6.07) is 7.32. The molecule has 0 saturated heterocycles. The predicted octanol–water partition coefficient (Wildman–Crippen LogP) is 2.88. The maximum absolute atomic E-state index is 5.68. The monoisotopic (exact) mass is 308 g/mol. The first kappa shape index (κ1) is 12.6. The van der Waals surface area contributed by atoms with Crippen molar-refractivity contribution in [1.82, 2.24) is 9.97 Å². The molecule has 18 heavy (non-hydrogen) atoms. The maximum Gasteiger partial charge on any atom is 0.136 e. The molecule has 0 aliphatic carbocycles. The van der Waals surface area contributed by atoms with Crippen LogP contribution in [0.2, 0.25) is 0 Å². The van der Waals surface area contributed by atoms with Gasteiger partial charge in [-0.3, -0.25) is 0 Å². The standard InChI is InChI=1S/C12H13BrN4O/c1-7-15-11(14)6-12(16-7)17-10-5-8(18-2)3-4-9(10)13/h3-6H,1-2H3,(H3,14,15,16,17). The van der Waals surface area contributed by atoms with E-state index in [-0.39, 0.29) is 0 Å². The lowest BCUT2D eigenvalue weighted by atomic mass is 10.3. The Hall–Kier alpha value is -1.82. The topological polar surface area (TPSA) is 73.1 Å². The van der Waals surface area contributed by atoms with Crippen LogP contribution in [-0.4, -0.2) is 17.1 Å². The summed E-state index contributed by atoms with van der Waals surface area (Å²) in [5.74, 6) is 2.47. The van der Waals surface area contributed by atoms with Crippen LogP contribution in [0, 0.1) is 6.92 Å². The van der Waals surface area contributed by atoms with Crippen molar-refractivity contribution in [3.63, 3.8) is 0 Å². The maximum atomic E-state index is 5.68. The van der Waals surface area contributed by atoms with Crippen LogP contribution < -0.4 is 15.8 Å². The van der Waals surface area contributed by atoms with Crippen LogP contribution in [-0.2, 0) is 0 Å². The molecule has 6 heteroatoms. The van der Waals surface area contributed by atoms with Crippen molar-refractivity contribution in [1.29, 1.82) is 0 Å². The van der Waals surface area contributed by atoms with Crippen molar-refractivity contribution < 1.29 is 4.74 Å². The third-order valence-corrected chi connectivity index (χ3v) is 2.99. The lowest BCUT2D eigenvalue weighted by Gasteiger charge is -2.10. The summed E-state index contributed by atoms with van der Waals surface area (Å²) in [6.07, 6.45) is 0. The number of nitrogens with zero attached hydrogens (tertiary/aromatic N) is 2. The van der Waals surface area contributed by atoms with Gasteiger partial charge in [-0.05, 0) is 35.0 Å². The Kier molecular flexibility index (Phi) is 3.66. The van der Waals surface area contributed by atoms with Crippen LogP contribution in [0.15, 0.2) is 28.7 Å². The summed E-state index contributed by atoms with van der Waals surface area (Å²) in [6.45, 7) is 1.79. The molecule has 0 unspecified atom stereocenters. The molecule has 3 N–H and O–H groups in total. The number of benzene rings is 1. The number of hydrogen-bond acceptors (Lipinski definition) is 5. The fourth-order valence-electron chi connectivity index (χ4n) is 1.52. The molecule has 0 fully saturated rings. The second kappa shape index (κ2) is 5.22. The van der Waals surface area contributed by atoms with E-state index in [9.17, 15) is 0 Å². The number of methoxy groups -OCH3 is 1. The van der Waals surface area contributed by atoms with Crippen molar-refractivity contribution >= 4 is 33.3 Å². The van der Waals surface area contributed by atoms with E-state index in [1.54, 1.807) is 20.1 Å². The Balaban J connectivity index is 2.33. The van der Waals surface area contributed by atoms with E-state index in [2.05, 4.69) is 31.2 Å². The number of nitrogens with one attached hydrogen (secondary N) is 1. The number of rotatable bonds is 3. The van der Waals surface area contributed by atoms with Gasteiger partial charge < -0.3 is 15.8 Å². The van der Waals surface area contributed by atoms with E-state index < -0.39 is 0 Å². The minimum Gasteiger partial charge on any atom is -0.497 e. The zero-order valence-electron chi connectivity index (χ0n) is 10.1. The van der Waals surface area contributed by atoms with E-state index in [0.29, 0.717) is 17.5 Å². The molecule has 1 aromatic carbocycles. The average molecular weight is 309 g/mol. The van der Waals surface area contributed by atoms with Gasteiger partial charge in [-0.25, -0.2) is 9.97 Å². The Morgan fingerprint density at radius 3 is 2.72 bits per heavy atom. The molecule has 0 amide bonds. The second-order valence-corrected chi connectivity index (χ2v) is 4.55. The summed E-state index contributed by atoms with van der Waals surface area (Å²) >= 11 is 3.46. The summed E-state index contributed by atoms with van der Waals surface area (Å²) < 4.78 is 6.09. The van der Waals surface area contributed by atoms with Crippen LogP contribution in [0.25, 0.3) is 0 Å². The quantitative estimate of drug-likeness (QED) is 0.912. The molecule has 1 aromatic heterocycles. The first-order valence-electron chi connectivity index (χ1n) is 5.30. The normalized spacial score (nSPS) is 10.2. The zero-order valence-corrected chi connectivity index (χ0v) is 11.7. The van der Waals surface area contributed by atoms with Crippen LogP contribution >= 0.6 is 15.9 Å². The van der Waals surface area contributed by atoms with E-state index in [1.165, 1.54) is 0 Å². The molecule has 0 saturated carbocycles. The van der Waals surface area contributed by atoms with Crippen molar-refractivity contribution in [3.8, 4) is 5.75 Å². The zero-order chi connectivity index (χ0) is 13.1. The minimum atomic E-state index is 0.434. The van der Waals surface area contributed by atoms with Gasteiger partial charge in [-0.1, -0.05) is 0 Å². The predicted molar refractivity (Wildman–Crippen MR) is 75.2 cm³/mol. The van der Waals surface area contributed by atoms with Gasteiger partial charge in [0.2, 0.25) is 0 Å². The van der Waals surface area contributed by atoms with Gasteiger partial charge >= 0.3 is 0 Å². The van der Waals surface area contributed by atoms with E-state index in [1.807, 2.05) is 18.2 Å². The number of anilines is 3. The molecule has 2 aromatic rings. The first-order valence-corrected chi connectivity index (χ1v) is 6.09. The fraction of sp³-hybridized carbons (Fsp3) is 0.167. The average Bonchev–Trinajstić information content (AvgIpc) is 2.30. The lowest BCUT2D eigenvalue weighted by molar-refractivity contribution is 0.415. The van der Waals surface area contributed by atoms with Crippen molar-refractivity contribution in [2.24, 2.45) is 0 Å². The molecule has 1 heterocycles. The number of aryl methyl sites for hydroxylation is 1. The highest BCUT2D eigenvalue weighted by atomic mass is 79.9. The lowest BCUT2D eigenvalue weighted by Crippen LogP contribution is -2.01. The summed E-state index contributed by atoms with van der Waals surface area (Å²) in [5, 5.41) is 3.17. The largest absolute Gasteiger partial charge is 0.497 e. The van der Waals surface area contributed by atoms with Gasteiger partial charge in [0, 0.05) is 16.6 Å². The SMILES string of the molecule is COc1ccc(Br)c(Nc2cc(N)nc(C)n2)c1. The summed E-state index contributed by atoms with van der Waals surface area (Å²) in [7, 11) is 1.62. The van der Waals surface area contributed by atoms with E-state index in [0.717, 1.165) is 15.9 Å². The summed E-state index contributed by atoms with van der Waals surface area (Å²) in [4.78, 5) is 8.28.